The number of methoxy groups -OCH3 is 1. The Kier molecular flexibility index (Phi) is 11.9. The van der Waals surface area contributed by atoms with Gasteiger partial charge in [-0.3, -0.25) is 28.6 Å². The van der Waals surface area contributed by atoms with Crippen molar-refractivity contribution in [1.82, 2.24) is 35.0 Å². The summed E-state index contributed by atoms with van der Waals surface area (Å²) in [5.41, 5.74) is -1.30. The van der Waals surface area contributed by atoms with Crippen molar-refractivity contribution in [2.45, 2.75) is 133 Å². The van der Waals surface area contributed by atoms with E-state index in [1.54, 1.807) is 29.9 Å². The highest BCUT2D eigenvalue weighted by molar-refractivity contribution is 7.91. The van der Waals surface area contributed by atoms with Gasteiger partial charge < -0.3 is 29.7 Å². The molecule has 1 aromatic carbocycles. The minimum atomic E-state index is -4.04. The summed E-state index contributed by atoms with van der Waals surface area (Å²) in [4.78, 5) is 62.8. The Balaban J connectivity index is 1.23. The number of benzene rings is 1. The molecule has 2 aromatic heterocycles. The van der Waals surface area contributed by atoms with Crippen molar-refractivity contribution in [1.29, 1.82) is 0 Å². The van der Waals surface area contributed by atoms with Crippen LogP contribution in [0.3, 0.4) is 0 Å². The van der Waals surface area contributed by atoms with Gasteiger partial charge in [0.2, 0.25) is 27.7 Å². The largest absolute Gasteiger partial charge is 0.491 e. The number of pyridine rings is 1. The summed E-state index contributed by atoms with van der Waals surface area (Å²) in [6, 6.07) is 3.59. The summed E-state index contributed by atoms with van der Waals surface area (Å²) in [7, 11) is -2.71. The van der Waals surface area contributed by atoms with Gasteiger partial charge in [0.05, 0.1) is 24.5 Å². The van der Waals surface area contributed by atoms with Crippen LogP contribution in [-0.2, 0) is 24.4 Å². The zero-order valence-corrected chi connectivity index (χ0v) is 35.6. The molecular formula is C42H54FN7O9S. The number of sulfonamides is 1. The minimum absolute atomic E-state index is 0.000425. The Morgan fingerprint density at radius 1 is 1.08 bits per heavy atom. The molecule has 1 saturated heterocycles. The maximum atomic E-state index is 14.9. The third kappa shape index (κ3) is 8.65. The zero-order chi connectivity index (χ0) is 43.1. The fourth-order valence-corrected chi connectivity index (χ4v) is 9.20. The van der Waals surface area contributed by atoms with E-state index in [1.165, 1.54) is 24.1 Å². The van der Waals surface area contributed by atoms with Crippen molar-refractivity contribution in [3.63, 3.8) is 0 Å². The molecule has 0 radical (unpaired) electrons. The molecule has 7 rings (SSSR count). The summed E-state index contributed by atoms with van der Waals surface area (Å²) in [6.45, 7) is 8.93. The molecule has 2 aliphatic heterocycles. The number of amides is 4. The molecule has 3 aromatic rings. The summed E-state index contributed by atoms with van der Waals surface area (Å²) >= 11 is 0. The molecule has 5 atom stereocenters. The summed E-state index contributed by atoms with van der Waals surface area (Å²) in [5.74, 6) is -3.47. The van der Waals surface area contributed by atoms with Crippen LogP contribution < -0.4 is 29.6 Å². The van der Waals surface area contributed by atoms with Crippen molar-refractivity contribution in [2.24, 2.45) is 5.92 Å². The second-order valence-corrected chi connectivity index (χ2v) is 19.3. The topological polar surface area (TPSA) is 200 Å². The predicted molar refractivity (Wildman–Crippen MR) is 218 cm³/mol. The van der Waals surface area contributed by atoms with Crippen LogP contribution in [0.15, 0.2) is 42.6 Å². The molecule has 4 aliphatic rings. The molecular weight excluding hydrogens is 798 g/mol. The second-order valence-electron chi connectivity index (χ2n) is 17.1. The van der Waals surface area contributed by atoms with Gasteiger partial charge in [-0.05, 0) is 91.3 Å². The van der Waals surface area contributed by atoms with Crippen molar-refractivity contribution >= 4 is 44.6 Å². The van der Waals surface area contributed by atoms with Gasteiger partial charge in [-0.2, -0.15) is 5.10 Å². The fraction of sp³-hybridized carbons (Fsp3) is 0.571. The Hall–Kier alpha value is -5.26. The summed E-state index contributed by atoms with van der Waals surface area (Å²) in [5, 5.41) is 10.5. The number of aromatic nitrogens is 3. The fourth-order valence-electron chi connectivity index (χ4n) is 7.89. The van der Waals surface area contributed by atoms with E-state index in [1.807, 2.05) is 39.8 Å². The lowest BCUT2D eigenvalue weighted by molar-refractivity contribution is -0.141. The number of hydrogen-bond donors (Lipinski definition) is 3. The highest BCUT2D eigenvalue weighted by atomic mass is 32.2. The molecule has 4 heterocycles. The number of carbonyl (C=O) groups is 4. The van der Waals surface area contributed by atoms with Crippen molar-refractivity contribution in [3.8, 4) is 17.4 Å². The van der Waals surface area contributed by atoms with Crippen LogP contribution in [0.1, 0.15) is 109 Å². The van der Waals surface area contributed by atoms with Gasteiger partial charge in [-0.15, -0.1) is 0 Å². The molecule has 324 valence electrons. The lowest BCUT2D eigenvalue weighted by Crippen LogP contribution is -2.58. The summed E-state index contributed by atoms with van der Waals surface area (Å²) < 4.78 is 62.0. The van der Waals surface area contributed by atoms with E-state index < -0.39 is 73.9 Å². The molecule has 2 aliphatic carbocycles. The van der Waals surface area contributed by atoms with Gasteiger partial charge in [-0.25, -0.2) is 17.8 Å². The van der Waals surface area contributed by atoms with Crippen molar-refractivity contribution in [2.75, 3.05) is 13.7 Å². The van der Waals surface area contributed by atoms with Crippen LogP contribution in [0.25, 0.3) is 10.9 Å². The molecule has 1 unspecified atom stereocenters. The highest BCUT2D eigenvalue weighted by Crippen LogP contribution is 2.48. The first-order valence-electron chi connectivity index (χ1n) is 20.7. The molecule has 18 heteroatoms. The normalized spacial score (nSPS) is 26.0. The van der Waals surface area contributed by atoms with Gasteiger partial charge in [-0.1, -0.05) is 25.0 Å². The smallest absolute Gasteiger partial charge is 0.272 e. The predicted octanol–water partition coefficient (Wildman–Crippen LogP) is 4.49. The van der Waals surface area contributed by atoms with Crippen LogP contribution in [-0.4, -0.2) is 99.9 Å². The average molecular weight is 852 g/mol. The zero-order valence-electron chi connectivity index (χ0n) is 34.8. The molecule has 4 amide bonds. The van der Waals surface area contributed by atoms with Crippen molar-refractivity contribution in [3.05, 3.63) is 54.1 Å². The summed E-state index contributed by atoms with van der Waals surface area (Å²) in [6.07, 6.45) is 8.28. The number of carbonyl (C=O) groups excluding carboxylic acids is 4. The van der Waals surface area contributed by atoms with E-state index in [9.17, 15) is 32.0 Å². The lowest BCUT2D eigenvalue weighted by atomic mass is 10.0. The number of fused-ring (bicyclic) bond motifs is 3. The van der Waals surface area contributed by atoms with E-state index in [4.69, 9.17) is 14.2 Å². The van der Waals surface area contributed by atoms with E-state index in [0.29, 0.717) is 31.1 Å². The van der Waals surface area contributed by atoms with Crippen LogP contribution in [0, 0.1) is 11.7 Å². The Labute approximate surface area is 349 Å². The second kappa shape index (κ2) is 16.7. The number of hydrogen-bond acceptors (Lipinski definition) is 11. The number of rotatable bonds is 11. The van der Waals surface area contributed by atoms with Crippen LogP contribution in [0.5, 0.6) is 17.4 Å². The number of ether oxygens (including phenoxy) is 3. The number of allylic oxidation sites excluding steroid dienone is 1. The third-order valence-corrected chi connectivity index (χ3v) is 14.0. The van der Waals surface area contributed by atoms with E-state index in [0.717, 1.165) is 12.8 Å². The standard InChI is InChI=1S/C42H54FN7O9S/c1-24(2)50-19-16-30(47-50)37(51)44-31-13-11-9-7-8-10-12-26-22-42(26,40(54)48-60(55,56)41(5)17-18-41)46-38(52)32-20-27(23-49(32)39(31)53)59-33-21-34(58-25(3)4)45-35-28(33)14-15-29(43)36(35)57-6/h10,12,14-16,19,21,24-27,31-32H,7-9,11,13,17-18,20,22-23H2,1-6H3,(H,44,51)(H,46,52)(H,48,54)/b12-10-/t26?,27-,31+,32+,42-/m1/s1. The Morgan fingerprint density at radius 3 is 2.53 bits per heavy atom. The van der Waals surface area contributed by atoms with E-state index >= 15 is 0 Å². The lowest BCUT2D eigenvalue weighted by Gasteiger charge is -2.30. The first-order chi connectivity index (χ1) is 28.4. The molecule has 3 N–H and O–H groups in total. The maximum absolute atomic E-state index is 14.9. The van der Waals surface area contributed by atoms with Crippen LogP contribution in [0.2, 0.25) is 0 Å². The molecule has 0 spiro atoms. The third-order valence-electron chi connectivity index (χ3n) is 11.8. The van der Waals surface area contributed by atoms with E-state index in [-0.39, 0.29) is 66.5 Å². The number of nitrogens with zero attached hydrogens (tertiary/aromatic N) is 4. The maximum Gasteiger partial charge on any atom is 0.272 e. The first-order valence-corrected chi connectivity index (χ1v) is 22.2. The molecule has 3 fully saturated rings. The number of nitrogens with one attached hydrogen (secondary N) is 3. The highest BCUT2D eigenvalue weighted by Gasteiger charge is 2.63. The van der Waals surface area contributed by atoms with Gasteiger partial charge in [0, 0.05) is 36.0 Å². The Morgan fingerprint density at radius 2 is 1.85 bits per heavy atom. The van der Waals surface area contributed by atoms with Gasteiger partial charge in [0.1, 0.15) is 40.7 Å². The first kappa shape index (κ1) is 42.8. The molecule has 60 heavy (non-hydrogen) atoms. The van der Waals surface area contributed by atoms with Crippen molar-refractivity contribution < 1.29 is 46.2 Å². The Bertz CT molecular complexity index is 2310. The quantitative estimate of drug-likeness (QED) is 0.230. The minimum Gasteiger partial charge on any atom is -0.491 e. The van der Waals surface area contributed by atoms with Gasteiger partial charge in [0.25, 0.3) is 11.8 Å². The molecule has 16 nitrogen and oxygen atoms in total. The monoisotopic (exact) mass is 851 g/mol. The van der Waals surface area contributed by atoms with E-state index in [2.05, 4.69) is 25.4 Å². The average Bonchev–Trinajstić information content (AvgIpc) is 3.95. The van der Waals surface area contributed by atoms with Crippen LogP contribution >= 0.6 is 0 Å². The SMILES string of the molecule is COc1c(F)ccc2c(O[C@@H]3C[C@H]4C(=O)N[C@]5(C(=O)NS(=O)(=O)C6(C)CC6)CC5/C=C\CCCCC[C@H](NC(=O)c5ccn(C(C)C)n5)C(=O)N4C3)cc(OC(C)C)nc12. The molecule has 0 bridgehead atoms. The molecule has 2 saturated carbocycles. The number of halogens is 1. The van der Waals surface area contributed by atoms with Gasteiger partial charge >= 0.3 is 0 Å². The van der Waals surface area contributed by atoms with Crippen LogP contribution in [0.4, 0.5) is 4.39 Å². The van der Waals surface area contributed by atoms with Gasteiger partial charge in [0.15, 0.2) is 11.6 Å².